The summed E-state index contributed by atoms with van der Waals surface area (Å²) in [5, 5.41) is 1.97. The van der Waals surface area contributed by atoms with Gasteiger partial charge in [-0.2, -0.15) is 4.99 Å². The Labute approximate surface area is 160 Å². The molecular weight excluding hydrogens is 334 g/mol. The van der Waals surface area contributed by atoms with E-state index < -0.39 is 5.66 Å². The molecule has 0 fully saturated rings. The maximum absolute atomic E-state index is 6.26. The van der Waals surface area contributed by atoms with E-state index in [1.54, 1.807) is 0 Å². The molecule has 0 unspecified atom stereocenters. The molecule has 27 heavy (non-hydrogen) atoms. The highest BCUT2D eigenvalue weighted by atomic mass is 16.7. The van der Waals surface area contributed by atoms with Gasteiger partial charge in [-0.15, -0.1) is 0 Å². The van der Waals surface area contributed by atoms with E-state index in [0.717, 1.165) is 11.1 Å². The van der Waals surface area contributed by atoms with Crippen molar-refractivity contribution in [2.75, 3.05) is 14.1 Å². The number of amidine groups is 1. The summed E-state index contributed by atoms with van der Waals surface area (Å²) in [5.74, 6) is 0. The number of hydroxylamine groups is 2. The molecule has 136 valence electrons. The minimum atomic E-state index is -0.738. The molecule has 3 aromatic rings. The van der Waals surface area contributed by atoms with Crippen LogP contribution in [-0.4, -0.2) is 30.1 Å². The van der Waals surface area contributed by atoms with Gasteiger partial charge in [0.1, 0.15) is 0 Å². The van der Waals surface area contributed by atoms with Gasteiger partial charge in [0.05, 0.1) is 6.54 Å². The van der Waals surface area contributed by atoms with Crippen LogP contribution in [0.15, 0.2) is 96.0 Å². The van der Waals surface area contributed by atoms with Crippen LogP contribution >= 0.6 is 0 Å². The van der Waals surface area contributed by atoms with E-state index in [1.807, 2.05) is 78.7 Å². The number of nitrogens with zero attached hydrogens (tertiary/aromatic N) is 3. The molecule has 0 N–H and O–H groups in total. The maximum Gasteiger partial charge on any atom is 0.310 e. The number of hydrogen-bond donors (Lipinski definition) is 0. The Morgan fingerprint density at radius 2 is 1.26 bits per heavy atom. The van der Waals surface area contributed by atoms with Crippen LogP contribution < -0.4 is 0 Å². The zero-order valence-corrected chi connectivity index (χ0v) is 15.6. The van der Waals surface area contributed by atoms with E-state index >= 15 is 0 Å². The minimum absolute atomic E-state index is 0.596. The van der Waals surface area contributed by atoms with Gasteiger partial charge in [0.25, 0.3) is 0 Å². The molecule has 1 heterocycles. The van der Waals surface area contributed by atoms with Crippen molar-refractivity contribution in [3.8, 4) is 0 Å². The monoisotopic (exact) mass is 357 g/mol. The zero-order valence-electron chi connectivity index (χ0n) is 15.6. The number of benzene rings is 3. The second kappa shape index (κ2) is 7.25. The van der Waals surface area contributed by atoms with E-state index in [9.17, 15) is 0 Å². The summed E-state index contributed by atoms with van der Waals surface area (Å²) in [5.41, 5.74) is 2.58. The third kappa shape index (κ3) is 3.20. The molecule has 0 spiro atoms. The van der Waals surface area contributed by atoms with Crippen LogP contribution in [0.5, 0.6) is 0 Å². The van der Waals surface area contributed by atoms with Crippen molar-refractivity contribution < 1.29 is 4.84 Å². The van der Waals surface area contributed by atoms with Crippen molar-refractivity contribution in [1.29, 1.82) is 0 Å². The summed E-state index contributed by atoms with van der Waals surface area (Å²) in [4.78, 5) is 13.3. The summed E-state index contributed by atoms with van der Waals surface area (Å²) >= 11 is 0. The van der Waals surface area contributed by atoms with E-state index in [2.05, 4.69) is 36.4 Å². The Kier molecular flexibility index (Phi) is 4.65. The van der Waals surface area contributed by atoms with Crippen LogP contribution in [-0.2, 0) is 17.0 Å². The lowest BCUT2D eigenvalue weighted by Gasteiger charge is -2.34. The highest BCUT2D eigenvalue weighted by Gasteiger charge is 2.48. The third-order valence-corrected chi connectivity index (χ3v) is 4.71. The van der Waals surface area contributed by atoms with Crippen molar-refractivity contribution in [3.05, 3.63) is 108 Å². The number of aliphatic imine (C=N–C) groups is 1. The highest BCUT2D eigenvalue weighted by Crippen LogP contribution is 2.42. The fourth-order valence-corrected chi connectivity index (χ4v) is 3.38. The van der Waals surface area contributed by atoms with Gasteiger partial charge in [0.2, 0.25) is 5.66 Å². The molecule has 1 aliphatic heterocycles. The van der Waals surface area contributed by atoms with E-state index in [4.69, 9.17) is 9.83 Å². The highest BCUT2D eigenvalue weighted by molar-refractivity contribution is 5.76. The lowest BCUT2D eigenvalue weighted by atomic mass is 9.91. The van der Waals surface area contributed by atoms with Gasteiger partial charge in [0.15, 0.2) is 0 Å². The molecule has 4 nitrogen and oxygen atoms in total. The van der Waals surface area contributed by atoms with Crippen molar-refractivity contribution in [2.24, 2.45) is 4.99 Å². The molecular formula is C23H23N3O. The molecule has 0 atom stereocenters. The molecule has 0 amide bonds. The number of hydrogen-bond acceptors (Lipinski definition) is 4. The summed E-state index contributed by atoms with van der Waals surface area (Å²) in [7, 11) is 3.90. The van der Waals surface area contributed by atoms with Crippen LogP contribution in [0.3, 0.4) is 0 Å². The van der Waals surface area contributed by atoms with Crippen LogP contribution in [0.1, 0.15) is 16.7 Å². The van der Waals surface area contributed by atoms with Crippen molar-refractivity contribution in [2.45, 2.75) is 12.2 Å². The van der Waals surface area contributed by atoms with Gasteiger partial charge in [-0.3, -0.25) is 0 Å². The Balaban J connectivity index is 1.89. The smallest absolute Gasteiger partial charge is 0.310 e. The van der Waals surface area contributed by atoms with Crippen molar-refractivity contribution >= 4 is 6.02 Å². The lowest BCUT2D eigenvalue weighted by molar-refractivity contribution is -0.133. The second-order valence-corrected chi connectivity index (χ2v) is 6.81. The summed E-state index contributed by atoms with van der Waals surface area (Å²) in [6, 6.07) is 31.6. The first-order valence-corrected chi connectivity index (χ1v) is 9.08. The third-order valence-electron chi connectivity index (χ3n) is 4.71. The summed E-state index contributed by atoms with van der Waals surface area (Å²) in [6.45, 7) is 0.617. The van der Waals surface area contributed by atoms with Crippen LogP contribution in [0.25, 0.3) is 0 Å². The SMILES string of the molecule is CN(C)C1=NC(c2ccccc2)(c2ccccc2)N(Cc2ccccc2)O1. The molecule has 3 aromatic carbocycles. The van der Waals surface area contributed by atoms with Gasteiger partial charge in [-0.25, -0.2) is 0 Å². The first-order chi connectivity index (χ1) is 13.2. The Hall–Kier alpha value is -3.11. The first kappa shape index (κ1) is 17.3. The predicted molar refractivity (Wildman–Crippen MR) is 108 cm³/mol. The van der Waals surface area contributed by atoms with Crippen molar-refractivity contribution in [1.82, 2.24) is 9.96 Å². The van der Waals surface area contributed by atoms with Crippen LogP contribution in [0.2, 0.25) is 0 Å². The molecule has 0 aromatic heterocycles. The fraction of sp³-hybridized carbons (Fsp3) is 0.174. The second-order valence-electron chi connectivity index (χ2n) is 6.81. The van der Waals surface area contributed by atoms with Crippen LogP contribution in [0, 0.1) is 0 Å². The predicted octanol–water partition coefficient (Wildman–Crippen LogP) is 4.25. The topological polar surface area (TPSA) is 28.1 Å². The van der Waals surface area contributed by atoms with Gasteiger partial charge in [-0.05, 0) is 5.56 Å². The molecule has 0 saturated carbocycles. The number of rotatable bonds is 4. The van der Waals surface area contributed by atoms with Gasteiger partial charge >= 0.3 is 6.02 Å². The summed E-state index contributed by atoms with van der Waals surface area (Å²) in [6.07, 6.45) is 0. The fourth-order valence-electron chi connectivity index (χ4n) is 3.38. The Morgan fingerprint density at radius 3 is 1.74 bits per heavy atom. The van der Waals surface area contributed by atoms with Gasteiger partial charge < -0.3 is 9.74 Å². The Morgan fingerprint density at radius 1 is 0.778 bits per heavy atom. The average Bonchev–Trinajstić information content (AvgIpc) is 3.11. The molecule has 1 aliphatic rings. The Bertz CT molecular complexity index is 869. The lowest BCUT2D eigenvalue weighted by Crippen LogP contribution is -2.41. The van der Waals surface area contributed by atoms with Gasteiger partial charge in [0, 0.05) is 25.2 Å². The molecule has 0 radical (unpaired) electrons. The average molecular weight is 357 g/mol. The molecule has 0 aliphatic carbocycles. The maximum atomic E-state index is 6.26. The van der Waals surface area contributed by atoms with Gasteiger partial charge in [-0.1, -0.05) is 96.1 Å². The standard InChI is InChI=1S/C23H23N3O/c1-25(2)22-24-23(20-14-8-4-9-15-20,21-16-10-5-11-17-21)26(27-22)18-19-12-6-3-7-13-19/h3-17H,18H2,1-2H3. The van der Waals surface area contributed by atoms with E-state index in [1.165, 1.54) is 5.56 Å². The van der Waals surface area contributed by atoms with E-state index in [0.29, 0.717) is 12.6 Å². The first-order valence-electron chi connectivity index (χ1n) is 9.08. The quantitative estimate of drug-likeness (QED) is 0.699. The molecule has 4 rings (SSSR count). The van der Waals surface area contributed by atoms with Crippen LogP contribution in [0.4, 0.5) is 0 Å². The molecule has 0 bridgehead atoms. The molecule has 0 saturated heterocycles. The normalized spacial score (nSPS) is 15.9. The molecule has 4 heteroatoms. The van der Waals surface area contributed by atoms with Crippen molar-refractivity contribution in [3.63, 3.8) is 0 Å². The van der Waals surface area contributed by atoms with E-state index in [-0.39, 0.29) is 0 Å². The zero-order chi connectivity index (χ0) is 18.7. The largest absolute Gasteiger partial charge is 0.364 e. The minimum Gasteiger partial charge on any atom is -0.364 e. The summed E-state index contributed by atoms with van der Waals surface area (Å²) < 4.78 is 0.